The topological polar surface area (TPSA) is 70.4 Å². The fourth-order valence-electron chi connectivity index (χ4n) is 4.74. The van der Waals surface area contributed by atoms with Crippen molar-refractivity contribution in [2.45, 2.75) is 61.0 Å². The van der Waals surface area contributed by atoms with Gasteiger partial charge in [0, 0.05) is 25.9 Å². The molecule has 1 saturated heterocycles. The predicted octanol–water partition coefficient (Wildman–Crippen LogP) is 4.62. The first-order valence-corrected chi connectivity index (χ1v) is 11.9. The summed E-state index contributed by atoms with van der Waals surface area (Å²) >= 11 is 7.46. The maximum absolute atomic E-state index is 13.2. The molecule has 8 heteroatoms. The number of benzene rings is 1. The average Bonchev–Trinajstić information content (AvgIpc) is 3.42. The molecule has 2 aromatic rings. The van der Waals surface area contributed by atoms with Crippen LogP contribution in [0.25, 0.3) is 0 Å². The van der Waals surface area contributed by atoms with Crippen molar-refractivity contribution in [3.8, 4) is 5.75 Å². The molecule has 1 saturated carbocycles. The van der Waals surface area contributed by atoms with Crippen LogP contribution in [0.4, 0.5) is 0 Å². The number of carbonyl (C=O) groups is 2. The number of aromatic nitrogens is 2. The number of cyclic esters (lactones) is 1. The number of ketones is 1. The zero-order valence-corrected chi connectivity index (χ0v) is 19.4. The molecular formula is C23H27ClN2O4S. The van der Waals surface area contributed by atoms with Crippen molar-refractivity contribution in [3.63, 3.8) is 0 Å². The van der Waals surface area contributed by atoms with Crippen molar-refractivity contribution >= 4 is 35.1 Å². The van der Waals surface area contributed by atoms with Crippen molar-refractivity contribution in [1.82, 2.24) is 9.55 Å². The Balaban J connectivity index is 1.53. The highest BCUT2D eigenvalue weighted by molar-refractivity contribution is 8.01. The molecule has 0 radical (unpaired) electrons. The number of esters is 1. The Morgan fingerprint density at radius 2 is 2.10 bits per heavy atom. The number of hydrogen-bond donors (Lipinski definition) is 0. The fraction of sp³-hybridized carbons (Fsp3) is 0.522. The minimum atomic E-state index is -0.856. The van der Waals surface area contributed by atoms with Crippen LogP contribution in [0.1, 0.15) is 44.1 Å². The molecule has 2 atom stereocenters. The number of methoxy groups -OCH3 is 1. The lowest BCUT2D eigenvalue weighted by Gasteiger charge is -2.42. The highest BCUT2D eigenvalue weighted by Crippen LogP contribution is 2.45. The van der Waals surface area contributed by atoms with E-state index in [0.717, 1.165) is 31.2 Å². The van der Waals surface area contributed by atoms with Gasteiger partial charge in [-0.15, -0.1) is 0 Å². The van der Waals surface area contributed by atoms with Crippen molar-refractivity contribution in [3.05, 3.63) is 41.2 Å². The van der Waals surface area contributed by atoms with E-state index in [4.69, 9.17) is 21.1 Å². The highest BCUT2D eigenvalue weighted by atomic mass is 35.5. The molecule has 2 unspecified atom stereocenters. The van der Waals surface area contributed by atoms with Gasteiger partial charge in [0.1, 0.15) is 11.4 Å². The van der Waals surface area contributed by atoms with Gasteiger partial charge in [-0.1, -0.05) is 42.3 Å². The van der Waals surface area contributed by atoms with Gasteiger partial charge < -0.3 is 14.0 Å². The Morgan fingerprint density at radius 1 is 1.32 bits per heavy atom. The lowest BCUT2D eigenvalue weighted by molar-refractivity contribution is -0.177. The maximum Gasteiger partial charge on any atom is 0.327 e. The highest BCUT2D eigenvalue weighted by Gasteiger charge is 2.52. The van der Waals surface area contributed by atoms with Crippen LogP contribution >= 0.6 is 23.4 Å². The number of imidazole rings is 1. The summed E-state index contributed by atoms with van der Waals surface area (Å²) in [6.45, 7) is 0. The Hall–Kier alpha value is -1.99. The van der Waals surface area contributed by atoms with Crippen LogP contribution in [0.15, 0.2) is 35.7 Å². The third-order valence-corrected chi connectivity index (χ3v) is 8.03. The Kier molecular flexibility index (Phi) is 6.63. The second-order valence-electron chi connectivity index (χ2n) is 8.40. The molecule has 0 bridgehead atoms. The van der Waals surface area contributed by atoms with Crippen LogP contribution in [0.5, 0.6) is 5.75 Å². The zero-order valence-electron chi connectivity index (χ0n) is 17.8. The van der Waals surface area contributed by atoms with Gasteiger partial charge in [0.25, 0.3) is 0 Å². The molecule has 1 aliphatic carbocycles. The summed E-state index contributed by atoms with van der Waals surface area (Å²) in [4.78, 5) is 30.4. The standard InChI is InChI=1S/C23H27ClN2O4S/c1-26-12-11-25-22(26)31-20-18(27)14-23(30-21(20)28,16-5-3-4-6-16)10-9-15-7-8-19(29-2)17(24)13-15/h7-8,11-13,16,20H,3-6,9-10,14H2,1-2H3. The molecule has 166 valence electrons. The number of halogens is 1. The summed E-state index contributed by atoms with van der Waals surface area (Å²) in [5.41, 5.74) is 0.298. The summed E-state index contributed by atoms with van der Waals surface area (Å²) in [5, 5.41) is 0.334. The predicted molar refractivity (Wildman–Crippen MR) is 120 cm³/mol. The van der Waals surface area contributed by atoms with Crippen LogP contribution in [0.2, 0.25) is 5.02 Å². The molecule has 1 aliphatic heterocycles. The normalized spacial score (nSPS) is 24.4. The molecule has 31 heavy (non-hydrogen) atoms. The third kappa shape index (κ3) is 4.62. The van der Waals surface area contributed by atoms with Gasteiger partial charge in [0.05, 0.1) is 12.1 Å². The van der Waals surface area contributed by atoms with E-state index in [1.54, 1.807) is 24.1 Å². The first kappa shape index (κ1) is 22.2. The van der Waals surface area contributed by atoms with Crippen LogP contribution in [-0.2, 0) is 27.8 Å². The number of aryl methyl sites for hydroxylation is 2. The number of carbonyl (C=O) groups excluding carboxylic acids is 2. The van der Waals surface area contributed by atoms with Crippen molar-refractivity contribution in [2.75, 3.05) is 7.11 Å². The molecule has 2 aliphatic rings. The Labute approximate surface area is 191 Å². The van der Waals surface area contributed by atoms with E-state index >= 15 is 0 Å². The monoisotopic (exact) mass is 462 g/mol. The first-order chi connectivity index (χ1) is 14.9. The summed E-state index contributed by atoms with van der Waals surface area (Å²) in [6, 6.07) is 5.70. The van der Waals surface area contributed by atoms with Crippen LogP contribution < -0.4 is 4.74 Å². The molecule has 2 fully saturated rings. The summed E-state index contributed by atoms with van der Waals surface area (Å²) in [7, 11) is 3.43. The quantitative estimate of drug-likeness (QED) is 0.441. The SMILES string of the molecule is COc1ccc(CCC2(C3CCCC3)CC(=O)C(Sc3nccn3C)C(=O)O2)cc1Cl. The zero-order chi connectivity index (χ0) is 22.0. The lowest BCUT2D eigenvalue weighted by atomic mass is 9.76. The second-order valence-corrected chi connectivity index (χ2v) is 9.88. The van der Waals surface area contributed by atoms with E-state index in [1.165, 1.54) is 11.8 Å². The molecule has 1 aromatic carbocycles. The van der Waals surface area contributed by atoms with Crippen molar-refractivity contribution in [1.29, 1.82) is 0 Å². The van der Waals surface area contributed by atoms with E-state index < -0.39 is 16.8 Å². The maximum atomic E-state index is 13.2. The van der Waals surface area contributed by atoms with Crippen LogP contribution in [-0.4, -0.2) is 39.3 Å². The van der Waals surface area contributed by atoms with Crippen molar-refractivity contribution in [2.24, 2.45) is 13.0 Å². The minimum absolute atomic E-state index is 0.0658. The molecule has 2 heterocycles. The van der Waals surface area contributed by atoms with Gasteiger partial charge in [-0.2, -0.15) is 0 Å². The summed E-state index contributed by atoms with van der Waals surface area (Å²) < 4.78 is 13.2. The van der Waals surface area contributed by atoms with Gasteiger partial charge in [0.2, 0.25) is 0 Å². The largest absolute Gasteiger partial charge is 0.495 e. The number of hydrogen-bond acceptors (Lipinski definition) is 6. The summed E-state index contributed by atoms with van der Waals surface area (Å²) in [5.74, 6) is 0.338. The fourth-order valence-corrected chi connectivity index (χ4v) is 5.94. The number of rotatable bonds is 7. The smallest absolute Gasteiger partial charge is 0.327 e. The van der Waals surface area contributed by atoms with E-state index in [2.05, 4.69) is 4.98 Å². The van der Waals surface area contributed by atoms with Gasteiger partial charge in [0.15, 0.2) is 16.2 Å². The third-order valence-electron chi connectivity index (χ3n) is 6.44. The first-order valence-electron chi connectivity index (χ1n) is 10.6. The van der Waals surface area contributed by atoms with Gasteiger partial charge >= 0.3 is 5.97 Å². The molecule has 0 amide bonds. The summed E-state index contributed by atoms with van der Waals surface area (Å²) in [6.07, 6.45) is 9.19. The van der Waals surface area contributed by atoms with Gasteiger partial charge in [-0.05, 0) is 49.3 Å². The molecule has 1 aromatic heterocycles. The Morgan fingerprint density at radius 3 is 2.71 bits per heavy atom. The van der Waals surface area contributed by atoms with Crippen LogP contribution in [0, 0.1) is 5.92 Å². The second kappa shape index (κ2) is 9.25. The lowest BCUT2D eigenvalue weighted by Crippen LogP contribution is -2.53. The Bertz CT molecular complexity index is 952. The molecule has 4 rings (SSSR count). The molecule has 0 spiro atoms. The molecular weight excluding hydrogens is 436 g/mol. The van der Waals surface area contributed by atoms with E-state index in [9.17, 15) is 9.59 Å². The van der Waals surface area contributed by atoms with Gasteiger partial charge in [-0.3, -0.25) is 9.59 Å². The van der Waals surface area contributed by atoms with E-state index in [0.29, 0.717) is 28.8 Å². The van der Waals surface area contributed by atoms with E-state index in [1.807, 2.05) is 25.2 Å². The average molecular weight is 463 g/mol. The minimum Gasteiger partial charge on any atom is -0.495 e. The number of ether oxygens (including phenoxy) is 2. The van der Waals surface area contributed by atoms with Crippen LogP contribution in [0.3, 0.4) is 0 Å². The number of nitrogens with zero attached hydrogens (tertiary/aromatic N) is 2. The van der Waals surface area contributed by atoms with Crippen molar-refractivity contribution < 1.29 is 19.1 Å². The molecule has 6 nitrogen and oxygen atoms in total. The van der Waals surface area contributed by atoms with Gasteiger partial charge in [-0.25, -0.2) is 4.98 Å². The number of thioether (sulfide) groups is 1. The number of Topliss-reactive ketones (excluding diaryl/α,β-unsaturated/α-hetero) is 1. The molecule has 0 N–H and O–H groups in total. The van der Waals surface area contributed by atoms with E-state index in [-0.39, 0.29) is 18.1 Å².